The summed E-state index contributed by atoms with van der Waals surface area (Å²) in [6.45, 7) is 0. The third-order valence-electron chi connectivity index (χ3n) is 2.00. The van der Waals surface area contributed by atoms with Gasteiger partial charge in [-0.1, -0.05) is 15.9 Å². The zero-order chi connectivity index (χ0) is 10.1. The lowest BCUT2D eigenvalue weighted by molar-refractivity contribution is 0.112. The van der Waals surface area contributed by atoms with Crippen LogP contribution >= 0.6 is 15.9 Å². The van der Waals surface area contributed by atoms with Gasteiger partial charge in [0.05, 0.1) is 18.9 Å². The zero-order valence-corrected chi connectivity index (χ0v) is 9.00. The van der Waals surface area contributed by atoms with Gasteiger partial charge in [-0.15, -0.1) is 0 Å². The Balaban J connectivity index is 2.88. The lowest BCUT2D eigenvalue weighted by atomic mass is 10.1. The fraction of sp³-hybridized carbons (Fsp3) is 0.100. The van der Waals surface area contributed by atoms with Gasteiger partial charge >= 0.3 is 0 Å². The third-order valence-corrected chi connectivity index (χ3v) is 2.66. The van der Waals surface area contributed by atoms with Gasteiger partial charge in [0.1, 0.15) is 0 Å². The van der Waals surface area contributed by atoms with Crippen molar-refractivity contribution in [1.29, 1.82) is 0 Å². The van der Waals surface area contributed by atoms with Crippen LogP contribution in [0.3, 0.4) is 0 Å². The number of rotatable bonds is 2. The maximum absolute atomic E-state index is 10.8. The number of methoxy groups -OCH3 is 1. The van der Waals surface area contributed by atoms with Crippen molar-refractivity contribution < 1.29 is 13.9 Å². The molecule has 72 valence electrons. The molecule has 0 saturated heterocycles. The van der Waals surface area contributed by atoms with Crippen LogP contribution < -0.4 is 4.74 Å². The van der Waals surface area contributed by atoms with Crippen LogP contribution in [-0.2, 0) is 0 Å². The zero-order valence-electron chi connectivity index (χ0n) is 7.41. The highest BCUT2D eigenvalue weighted by Gasteiger charge is 2.13. The SMILES string of the molecule is COc1c(C=O)cc(Br)c2ccoc12. The maximum Gasteiger partial charge on any atom is 0.177 e. The predicted molar refractivity (Wildman–Crippen MR) is 55.9 cm³/mol. The average molecular weight is 255 g/mol. The molecule has 0 unspecified atom stereocenters. The Morgan fingerprint density at radius 1 is 1.57 bits per heavy atom. The molecule has 0 fully saturated rings. The highest BCUT2D eigenvalue weighted by Crippen LogP contribution is 2.35. The van der Waals surface area contributed by atoms with Gasteiger partial charge < -0.3 is 9.15 Å². The van der Waals surface area contributed by atoms with E-state index >= 15 is 0 Å². The number of fused-ring (bicyclic) bond motifs is 1. The number of hydrogen-bond donors (Lipinski definition) is 0. The molecule has 2 aromatic rings. The summed E-state index contributed by atoms with van der Waals surface area (Å²) in [4.78, 5) is 10.8. The summed E-state index contributed by atoms with van der Waals surface area (Å²) in [5.41, 5.74) is 1.06. The van der Waals surface area contributed by atoms with Gasteiger partial charge in [0.2, 0.25) is 0 Å². The quantitative estimate of drug-likeness (QED) is 0.774. The van der Waals surface area contributed by atoms with E-state index in [1.165, 1.54) is 7.11 Å². The monoisotopic (exact) mass is 254 g/mol. The van der Waals surface area contributed by atoms with Crippen LogP contribution in [0.4, 0.5) is 0 Å². The fourth-order valence-electron chi connectivity index (χ4n) is 1.38. The number of furan rings is 1. The summed E-state index contributed by atoms with van der Waals surface area (Å²) in [5, 5.41) is 0.896. The minimum absolute atomic E-state index is 0.474. The van der Waals surface area contributed by atoms with Crippen LogP contribution in [0, 0.1) is 0 Å². The van der Waals surface area contributed by atoms with E-state index in [1.54, 1.807) is 12.3 Å². The Morgan fingerprint density at radius 3 is 3.00 bits per heavy atom. The topological polar surface area (TPSA) is 39.4 Å². The van der Waals surface area contributed by atoms with Gasteiger partial charge in [0.25, 0.3) is 0 Å². The van der Waals surface area contributed by atoms with E-state index in [4.69, 9.17) is 9.15 Å². The Morgan fingerprint density at radius 2 is 2.36 bits per heavy atom. The van der Waals surface area contributed by atoms with Crippen LogP contribution in [0.25, 0.3) is 11.0 Å². The van der Waals surface area contributed by atoms with Gasteiger partial charge in [-0.25, -0.2) is 0 Å². The van der Waals surface area contributed by atoms with Crippen molar-refractivity contribution in [2.75, 3.05) is 7.11 Å². The Bertz CT molecular complexity index is 487. The van der Waals surface area contributed by atoms with Crippen LogP contribution in [0.1, 0.15) is 10.4 Å². The third kappa shape index (κ3) is 1.23. The lowest BCUT2D eigenvalue weighted by Crippen LogP contribution is -1.91. The smallest absolute Gasteiger partial charge is 0.177 e. The first-order chi connectivity index (χ1) is 6.77. The molecule has 4 heteroatoms. The van der Waals surface area contributed by atoms with Crippen molar-refractivity contribution in [2.24, 2.45) is 0 Å². The fourth-order valence-corrected chi connectivity index (χ4v) is 1.94. The molecule has 0 aliphatic rings. The molecular formula is C10H7BrO3. The molecule has 0 aliphatic carbocycles. The summed E-state index contributed by atoms with van der Waals surface area (Å²) in [6.07, 6.45) is 2.30. The number of halogens is 1. The molecule has 0 radical (unpaired) electrons. The maximum atomic E-state index is 10.8. The molecular weight excluding hydrogens is 248 g/mol. The average Bonchev–Trinajstić information content (AvgIpc) is 2.66. The second kappa shape index (κ2) is 3.46. The highest BCUT2D eigenvalue weighted by molar-refractivity contribution is 9.10. The largest absolute Gasteiger partial charge is 0.492 e. The molecule has 1 aromatic heterocycles. The van der Waals surface area contributed by atoms with Crippen molar-refractivity contribution in [3.63, 3.8) is 0 Å². The van der Waals surface area contributed by atoms with Crippen molar-refractivity contribution in [3.8, 4) is 5.75 Å². The molecule has 1 heterocycles. The first-order valence-corrected chi connectivity index (χ1v) is 4.76. The molecule has 2 rings (SSSR count). The number of ether oxygens (including phenoxy) is 1. The van der Waals surface area contributed by atoms with Gasteiger partial charge in [-0.05, 0) is 12.1 Å². The van der Waals surface area contributed by atoms with Gasteiger partial charge in [-0.2, -0.15) is 0 Å². The van der Waals surface area contributed by atoms with E-state index < -0.39 is 0 Å². The van der Waals surface area contributed by atoms with E-state index in [2.05, 4.69) is 15.9 Å². The molecule has 0 amide bonds. The second-order valence-electron chi connectivity index (χ2n) is 2.76. The van der Waals surface area contributed by atoms with E-state index in [1.807, 2.05) is 6.07 Å². The summed E-state index contributed by atoms with van der Waals surface area (Å²) in [7, 11) is 1.51. The molecule has 0 bridgehead atoms. The van der Waals surface area contributed by atoms with Gasteiger partial charge in [0, 0.05) is 9.86 Å². The second-order valence-corrected chi connectivity index (χ2v) is 3.62. The minimum Gasteiger partial charge on any atom is -0.492 e. The lowest BCUT2D eigenvalue weighted by Gasteiger charge is -2.04. The summed E-state index contributed by atoms with van der Waals surface area (Å²) < 4.78 is 11.2. The predicted octanol–water partition coefficient (Wildman–Crippen LogP) is 3.02. The highest BCUT2D eigenvalue weighted by atomic mass is 79.9. The number of carbonyl (C=O) groups is 1. The molecule has 3 nitrogen and oxygen atoms in total. The standard InChI is InChI=1S/C10H7BrO3/c1-13-9-6(5-12)4-8(11)7-2-3-14-10(7)9/h2-5H,1H3. The van der Waals surface area contributed by atoms with Crippen LogP contribution in [-0.4, -0.2) is 13.4 Å². The Labute approximate surface area is 88.8 Å². The molecule has 1 aromatic carbocycles. The van der Waals surface area contributed by atoms with Crippen molar-refractivity contribution in [2.45, 2.75) is 0 Å². The van der Waals surface area contributed by atoms with Gasteiger partial charge in [-0.3, -0.25) is 4.79 Å². The molecule has 0 spiro atoms. The van der Waals surface area contributed by atoms with Crippen molar-refractivity contribution in [1.82, 2.24) is 0 Å². The molecule has 0 saturated carbocycles. The van der Waals surface area contributed by atoms with E-state index in [9.17, 15) is 4.79 Å². The van der Waals surface area contributed by atoms with Crippen LogP contribution in [0.15, 0.2) is 27.3 Å². The van der Waals surface area contributed by atoms with Crippen LogP contribution in [0.5, 0.6) is 5.75 Å². The molecule has 14 heavy (non-hydrogen) atoms. The summed E-state index contributed by atoms with van der Waals surface area (Å²) in [5.74, 6) is 0.475. The minimum atomic E-state index is 0.474. The van der Waals surface area contributed by atoms with Gasteiger partial charge in [0.15, 0.2) is 17.6 Å². The molecule has 0 N–H and O–H groups in total. The summed E-state index contributed by atoms with van der Waals surface area (Å²) in [6, 6.07) is 3.53. The summed E-state index contributed by atoms with van der Waals surface area (Å²) >= 11 is 3.36. The van der Waals surface area contributed by atoms with E-state index in [0.717, 1.165) is 16.1 Å². The number of carbonyl (C=O) groups excluding carboxylic acids is 1. The van der Waals surface area contributed by atoms with E-state index in [-0.39, 0.29) is 0 Å². The van der Waals surface area contributed by atoms with Crippen molar-refractivity contribution >= 4 is 33.2 Å². The molecule has 0 atom stereocenters. The molecule has 0 aliphatic heterocycles. The number of aldehydes is 1. The van der Waals surface area contributed by atoms with E-state index in [0.29, 0.717) is 16.9 Å². The van der Waals surface area contributed by atoms with Crippen molar-refractivity contribution in [3.05, 3.63) is 28.4 Å². The normalized spacial score (nSPS) is 10.4. The number of benzene rings is 1. The first-order valence-electron chi connectivity index (χ1n) is 3.96. The first kappa shape index (κ1) is 9.27. The number of hydrogen-bond acceptors (Lipinski definition) is 3. The Kier molecular flexibility index (Phi) is 2.29. The van der Waals surface area contributed by atoms with Crippen LogP contribution in [0.2, 0.25) is 0 Å². The Hall–Kier alpha value is -1.29.